The van der Waals surface area contributed by atoms with E-state index >= 15 is 0 Å². The van der Waals surface area contributed by atoms with Gasteiger partial charge in [-0.1, -0.05) is 54.6 Å². The highest BCUT2D eigenvalue weighted by Crippen LogP contribution is 2.25. The monoisotopic (exact) mass is 461 g/mol. The maximum atomic E-state index is 11.6. The Hall–Kier alpha value is -3.88. The summed E-state index contributed by atoms with van der Waals surface area (Å²) in [6.45, 7) is 1.85. The Morgan fingerprint density at radius 3 is 2.56 bits per heavy atom. The third-order valence-electron chi connectivity index (χ3n) is 5.88. The summed E-state index contributed by atoms with van der Waals surface area (Å²) in [6.07, 6.45) is 1.85. The minimum absolute atomic E-state index is 0.0766. The summed E-state index contributed by atoms with van der Waals surface area (Å²) in [5.74, 6) is 0.220. The average molecular weight is 462 g/mol. The molecule has 3 aromatic carbocycles. The number of rotatable bonds is 8. The molecule has 1 heterocycles. The van der Waals surface area contributed by atoms with E-state index in [9.17, 15) is 14.7 Å². The molecule has 2 amide bonds. The predicted molar refractivity (Wildman–Crippen MR) is 129 cm³/mol. The molecule has 1 atom stereocenters. The third-order valence-corrected chi connectivity index (χ3v) is 5.88. The summed E-state index contributed by atoms with van der Waals surface area (Å²) in [7, 11) is 0. The van der Waals surface area contributed by atoms with Crippen molar-refractivity contribution in [2.45, 2.75) is 12.5 Å². The summed E-state index contributed by atoms with van der Waals surface area (Å²) in [6, 6.07) is 20.9. The van der Waals surface area contributed by atoms with Gasteiger partial charge >= 0.3 is 6.09 Å². The van der Waals surface area contributed by atoms with Crippen LogP contribution in [0.1, 0.15) is 22.3 Å². The first kappa shape index (κ1) is 23.3. The molecular formula is C26H27N3O5. The number of carbonyl (C=O) groups excluding carboxylic acids is 1. The van der Waals surface area contributed by atoms with E-state index in [0.29, 0.717) is 31.8 Å². The Morgan fingerprint density at radius 2 is 1.82 bits per heavy atom. The minimum atomic E-state index is -0.897. The molecule has 0 spiro atoms. The van der Waals surface area contributed by atoms with Gasteiger partial charge in [0.25, 0.3) is 5.91 Å². The second-order valence-corrected chi connectivity index (χ2v) is 8.23. The molecule has 8 heteroatoms. The molecule has 1 saturated heterocycles. The van der Waals surface area contributed by atoms with Crippen LogP contribution in [0.2, 0.25) is 0 Å². The van der Waals surface area contributed by atoms with E-state index in [0.717, 1.165) is 34.1 Å². The fourth-order valence-electron chi connectivity index (χ4n) is 4.04. The lowest BCUT2D eigenvalue weighted by Gasteiger charge is -2.17. The van der Waals surface area contributed by atoms with E-state index in [1.165, 1.54) is 4.90 Å². The number of hydroxylamine groups is 1. The quantitative estimate of drug-likeness (QED) is 0.300. The summed E-state index contributed by atoms with van der Waals surface area (Å²) in [5, 5.41) is 23.6. The number of carbonyl (C=O) groups is 2. The molecule has 0 bridgehead atoms. The van der Waals surface area contributed by atoms with Gasteiger partial charge in [0.15, 0.2) is 0 Å². The molecule has 8 nitrogen and oxygen atoms in total. The zero-order valence-electron chi connectivity index (χ0n) is 18.6. The Kier molecular flexibility index (Phi) is 7.41. The van der Waals surface area contributed by atoms with Gasteiger partial charge in [-0.2, -0.15) is 0 Å². The normalized spacial score (nSPS) is 16.0. The first-order chi connectivity index (χ1) is 16.5. The van der Waals surface area contributed by atoms with Crippen molar-refractivity contribution in [2.24, 2.45) is 0 Å². The lowest BCUT2D eigenvalue weighted by atomic mass is 10.1. The van der Waals surface area contributed by atoms with Crippen molar-refractivity contribution in [3.8, 4) is 5.75 Å². The number of nitrogens with zero attached hydrogens (tertiary/aromatic N) is 1. The topological polar surface area (TPSA) is 111 Å². The Balaban J connectivity index is 1.50. The van der Waals surface area contributed by atoms with Gasteiger partial charge < -0.3 is 20.1 Å². The number of nitrogens with one attached hydrogen (secondary N) is 2. The second kappa shape index (κ2) is 10.8. The van der Waals surface area contributed by atoms with Crippen molar-refractivity contribution >= 4 is 28.8 Å². The molecule has 0 aromatic heterocycles. The third kappa shape index (κ3) is 5.72. The largest absolute Gasteiger partial charge is 0.489 e. The second-order valence-electron chi connectivity index (χ2n) is 8.23. The summed E-state index contributed by atoms with van der Waals surface area (Å²) >= 11 is 0. The molecule has 4 N–H and O–H groups in total. The summed E-state index contributed by atoms with van der Waals surface area (Å²) in [4.78, 5) is 24.2. The van der Waals surface area contributed by atoms with Crippen molar-refractivity contribution in [3.63, 3.8) is 0 Å². The number of hydrogen-bond donors (Lipinski definition) is 4. The van der Waals surface area contributed by atoms with Crippen LogP contribution >= 0.6 is 0 Å². The maximum absolute atomic E-state index is 11.6. The molecule has 176 valence electrons. The van der Waals surface area contributed by atoms with E-state index in [-0.39, 0.29) is 6.04 Å². The van der Waals surface area contributed by atoms with E-state index in [1.807, 2.05) is 48.5 Å². The van der Waals surface area contributed by atoms with Gasteiger partial charge in [-0.3, -0.25) is 10.0 Å². The smallest absolute Gasteiger partial charge is 0.407 e. The number of ether oxygens (including phenoxy) is 1. The van der Waals surface area contributed by atoms with Gasteiger partial charge in [0.05, 0.1) is 0 Å². The summed E-state index contributed by atoms with van der Waals surface area (Å²) < 4.78 is 6.20. The van der Waals surface area contributed by atoms with Crippen LogP contribution in [0, 0.1) is 0 Å². The molecule has 0 aliphatic carbocycles. The van der Waals surface area contributed by atoms with Crippen molar-refractivity contribution in [2.75, 3.05) is 26.2 Å². The number of likely N-dealkylation sites (tertiary alicyclic amines) is 1. The molecule has 1 aliphatic heterocycles. The number of hydrogen-bond acceptors (Lipinski definition) is 5. The lowest BCUT2D eigenvalue weighted by molar-refractivity contribution is 0.0706. The predicted octanol–water partition coefficient (Wildman–Crippen LogP) is 3.76. The Labute approximate surface area is 197 Å². The molecule has 1 unspecified atom stereocenters. The molecule has 3 aromatic rings. The highest BCUT2D eigenvalue weighted by Gasteiger charge is 2.25. The number of carboxylic acid groups (broad SMARTS) is 1. The van der Waals surface area contributed by atoms with E-state index in [2.05, 4.69) is 5.32 Å². The van der Waals surface area contributed by atoms with Gasteiger partial charge in [0, 0.05) is 36.6 Å². The molecule has 0 radical (unpaired) electrons. The van der Waals surface area contributed by atoms with Crippen molar-refractivity contribution in [1.29, 1.82) is 0 Å². The van der Waals surface area contributed by atoms with E-state index < -0.39 is 12.0 Å². The van der Waals surface area contributed by atoms with Crippen LogP contribution in [0.3, 0.4) is 0 Å². The van der Waals surface area contributed by atoms with Gasteiger partial charge in [-0.15, -0.1) is 0 Å². The number of amides is 2. The van der Waals surface area contributed by atoms with Crippen LogP contribution in [0.25, 0.3) is 16.8 Å². The zero-order valence-corrected chi connectivity index (χ0v) is 18.6. The fraction of sp³-hybridized carbons (Fsp3) is 0.231. The molecular weight excluding hydrogens is 434 g/mol. The highest BCUT2D eigenvalue weighted by atomic mass is 16.5. The average Bonchev–Trinajstić information content (AvgIpc) is 3.35. The number of fused-ring (bicyclic) bond motifs is 1. The van der Waals surface area contributed by atoms with Crippen molar-refractivity contribution in [1.82, 2.24) is 15.7 Å². The fourth-order valence-corrected chi connectivity index (χ4v) is 4.04. The molecule has 4 rings (SSSR count). The van der Waals surface area contributed by atoms with Gasteiger partial charge in [-0.25, -0.2) is 10.3 Å². The van der Waals surface area contributed by atoms with E-state index in [4.69, 9.17) is 9.94 Å². The van der Waals surface area contributed by atoms with Crippen LogP contribution in [-0.2, 0) is 0 Å². The molecule has 1 fully saturated rings. The molecule has 1 aliphatic rings. The van der Waals surface area contributed by atoms with E-state index in [1.54, 1.807) is 29.7 Å². The van der Waals surface area contributed by atoms with Crippen LogP contribution in [0.15, 0.2) is 72.3 Å². The van der Waals surface area contributed by atoms with Crippen LogP contribution in [-0.4, -0.2) is 59.5 Å². The van der Waals surface area contributed by atoms with Crippen LogP contribution in [0.4, 0.5) is 4.79 Å². The first-order valence-electron chi connectivity index (χ1n) is 11.1. The molecule has 34 heavy (non-hydrogen) atoms. The summed E-state index contributed by atoms with van der Waals surface area (Å²) in [5.41, 5.74) is 3.83. The van der Waals surface area contributed by atoms with Gasteiger partial charge in [0.2, 0.25) is 0 Å². The van der Waals surface area contributed by atoms with Crippen molar-refractivity contribution in [3.05, 3.63) is 83.4 Å². The maximum Gasteiger partial charge on any atom is 0.407 e. The molecule has 0 saturated carbocycles. The highest BCUT2D eigenvalue weighted by molar-refractivity contribution is 5.93. The van der Waals surface area contributed by atoms with Gasteiger partial charge in [0.1, 0.15) is 12.4 Å². The standard InChI is InChI=1S/C26H27N3O5/c30-25(28-33)21-10-8-18(9-11-21)14-19(15-27-22-12-13-29(16-22)26(31)32)17-34-24-7-3-5-20-4-1-2-6-23(20)24/h1-11,14,22,27,33H,12-13,15-17H2,(H,28,30)(H,31,32). The SMILES string of the molecule is O=C(NO)c1ccc(C=C(CNC2CCN(C(=O)O)C2)COc2cccc3ccccc23)cc1. The number of benzene rings is 3. The van der Waals surface area contributed by atoms with Gasteiger partial charge in [-0.05, 0) is 41.1 Å². The Bertz CT molecular complexity index is 1190. The lowest BCUT2D eigenvalue weighted by Crippen LogP contribution is -2.36. The minimum Gasteiger partial charge on any atom is -0.489 e. The first-order valence-corrected chi connectivity index (χ1v) is 11.1. The van der Waals surface area contributed by atoms with Crippen LogP contribution in [0.5, 0.6) is 5.75 Å². The zero-order chi connectivity index (χ0) is 23.9. The Morgan fingerprint density at radius 1 is 1.06 bits per heavy atom. The van der Waals surface area contributed by atoms with Crippen molar-refractivity contribution < 1.29 is 24.6 Å². The van der Waals surface area contributed by atoms with Crippen LogP contribution < -0.4 is 15.5 Å².